The standard InChI is InChI=1S/C20H21ClN4O3S.C20H21FN4O3S/c2*1-13(2)15-11-23-25(12-15)18-8-7-16(10-19(18)29(22,27)28)24-20(26)9-14-5-3-4-6-17(14)21/h2*3-8,10-13H,9H2,1-2H3,(H,24,26)(H2,22,27,28). The topological polar surface area (TPSA) is 214 Å². The van der Waals surface area contributed by atoms with Crippen molar-refractivity contribution in [3.8, 4) is 11.4 Å². The number of sulfonamides is 2. The van der Waals surface area contributed by atoms with Crippen molar-refractivity contribution in [3.63, 3.8) is 0 Å². The molecule has 0 aliphatic rings. The van der Waals surface area contributed by atoms with Crippen LogP contribution in [0.3, 0.4) is 0 Å². The highest BCUT2D eigenvalue weighted by molar-refractivity contribution is 7.89. The maximum atomic E-state index is 13.7. The smallest absolute Gasteiger partial charge is 0.240 e. The van der Waals surface area contributed by atoms with E-state index >= 15 is 0 Å². The molecule has 4 aromatic carbocycles. The number of anilines is 2. The molecule has 58 heavy (non-hydrogen) atoms. The molecule has 6 aromatic rings. The lowest BCUT2D eigenvalue weighted by Gasteiger charge is -2.12. The first-order chi connectivity index (χ1) is 27.3. The van der Waals surface area contributed by atoms with E-state index in [0.717, 1.165) is 11.1 Å². The molecule has 0 radical (unpaired) electrons. The van der Waals surface area contributed by atoms with Crippen molar-refractivity contribution < 1.29 is 30.8 Å². The van der Waals surface area contributed by atoms with Gasteiger partial charge in [-0.1, -0.05) is 75.7 Å². The number of benzene rings is 4. The molecule has 0 atom stereocenters. The molecule has 0 saturated heterocycles. The molecule has 304 valence electrons. The molecule has 2 heterocycles. The van der Waals surface area contributed by atoms with Crippen molar-refractivity contribution in [1.82, 2.24) is 19.6 Å². The van der Waals surface area contributed by atoms with Gasteiger partial charge in [0.25, 0.3) is 0 Å². The number of nitrogens with two attached hydrogens (primary N) is 2. The summed E-state index contributed by atoms with van der Waals surface area (Å²) in [6, 6.07) is 21.8. The minimum Gasteiger partial charge on any atom is -0.326 e. The number of carbonyl (C=O) groups is 2. The second-order valence-corrected chi connectivity index (χ2v) is 17.3. The van der Waals surface area contributed by atoms with Crippen molar-refractivity contribution in [2.24, 2.45) is 10.3 Å². The largest absolute Gasteiger partial charge is 0.326 e. The summed E-state index contributed by atoms with van der Waals surface area (Å²) in [4.78, 5) is 24.3. The molecule has 2 aromatic heterocycles. The van der Waals surface area contributed by atoms with Gasteiger partial charge in [0, 0.05) is 28.8 Å². The zero-order valence-electron chi connectivity index (χ0n) is 31.9. The second kappa shape index (κ2) is 18.3. The number of halogens is 2. The molecule has 2 amide bonds. The summed E-state index contributed by atoms with van der Waals surface area (Å²) < 4.78 is 65.1. The molecule has 6 rings (SSSR count). The Bertz CT molecular complexity index is 2500. The average molecular weight is 849 g/mol. The van der Waals surface area contributed by atoms with Crippen LogP contribution in [-0.4, -0.2) is 48.2 Å². The lowest BCUT2D eigenvalue weighted by atomic mass is 10.1. The molecule has 0 aliphatic heterocycles. The zero-order chi connectivity index (χ0) is 42.4. The number of rotatable bonds is 12. The number of primary sulfonamides is 2. The Kier molecular flexibility index (Phi) is 13.7. The molecule has 0 spiro atoms. The highest BCUT2D eigenvalue weighted by Gasteiger charge is 2.20. The Hall–Kier alpha value is -5.72. The molecule has 18 heteroatoms. The molecule has 0 bridgehead atoms. The Balaban J connectivity index is 0.000000221. The number of carbonyl (C=O) groups excluding carboxylic acids is 2. The predicted octanol–water partition coefficient (Wildman–Crippen LogP) is 6.44. The van der Waals surface area contributed by atoms with Gasteiger partial charge in [-0.15, -0.1) is 0 Å². The van der Waals surface area contributed by atoms with Crippen LogP contribution in [0.5, 0.6) is 0 Å². The zero-order valence-corrected chi connectivity index (χ0v) is 34.3. The molecule has 0 saturated carbocycles. The van der Waals surface area contributed by atoms with Gasteiger partial charge in [-0.05, 0) is 82.6 Å². The van der Waals surface area contributed by atoms with Crippen LogP contribution in [0.25, 0.3) is 11.4 Å². The third-order valence-electron chi connectivity index (χ3n) is 8.75. The van der Waals surface area contributed by atoms with Crippen LogP contribution in [0, 0.1) is 5.82 Å². The lowest BCUT2D eigenvalue weighted by Crippen LogP contribution is -2.18. The lowest BCUT2D eigenvalue weighted by molar-refractivity contribution is -0.116. The highest BCUT2D eigenvalue weighted by Crippen LogP contribution is 2.27. The van der Waals surface area contributed by atoms with Gasteiger partial charge in [0.15, 0.2) is 0 Å². The van der Waals surface area contributed by atoms with E-state index in [9.17, 15) is 30.8 Å². The van der Waals surface area contributed by atoms with Gasteiger partial charge in [0.2, 0.25) is 31.9 Å². The summed E-state index contributed by atoms with van der Waals surface area (Å²) >= 11 is 6.08. The molecular formula is C40H42ClFN8O6S2. The van der Waals surface area contributed by atoms with Gasteiger partial charge < -0.3 is 10.6 Å². The molecule has 14 nitrogen and oxygen atoms in total. The van der Waals surface area contributed by atoms with Crippen LogP contribution < -0.4 is 20.9 Å². The SMILES string of the molecule is CC(C)c1cnn(-c2ccc(NC(=O)Cc3ccccc3Cl)cc2S(N)(=O)=O)c1.CC(C)c1cnn(-c2ccc(NC(=O)Cc3ccccc3F)cc2S(N)(=O)=O)c1. The Labute approximate surface area is 341 Å². The second-order valence-electron chi connectivity index (χ2n) is 13.8. The molecule has 0 fully saturated rings. The van der Waals surface area contributed by atoms with Gasteiger partial charge in [0.05, 0.1) is 36.6 Å². The molecule has 0 aliphatic carbocycles. The van der Waals surface area contributed by atoms with Crippen LogP contribution in [0.2, 0.25) is 5.02 Å². The molecule has 0 unspecified atom stereocenters. The van der Waals surface area contributed by atoms with Gasteiger partial charge >= 0.3 is 0 Å². The van der Waals surface area contributed by atoms with E-state index < -0.39 is 31.8 Å². The van der Waals surface area contributed by atoms with Gasteiger partial charge in [-0.2, -0.15) is 10.2 Å². The Morgan fingerprint density at radius 1 is 0.672 bits per heavy atom. The van der Waals surface area contributed by atoms with Gasteiger partial charge in [-0.3, -0.25) is 9.59 Å². The number of aromatic nitrogens is 4. The van der Waals surface area contributed by atoms with Crippen molar-refractivity contribution in [1.29, 1.82) is 0 Å². The summed E-state index contributed by atoms with van der Waals surface area (Å²) in [7, 11) is -8.14. The van der Waals surface area contributed by atoms with Crippen LogP contribution in [0.4, 0.5) is 15.8 Å². The van der Waals surface area contributed by atoms with Crippen molar-refractivity contribution in [2.75, 3.05) is 10.6 Å². The Morgan fingerprint density at radius 2 is 1.09 bits per heavy atom. The van der Waals surface area contributed by atoms with E-state index in [2.05, 4.69) is 20.8 Å². The third kappa shape index (κ3) is 11.2. The van der Waals surface area contributed by atoms with Crippen molar-refractivity contribution >= 4 is 54.8 Å². The number of nitrogens with one attached hydrogen (secondary N) is 2. The summed E-state index contributed by atoms with van der Waals surface area (Å²) in [5, 5.41) is 25.0. The van der Waals surface area contributed by atoms with Crippen LogP contribution in [0.1, 0.15) is 61.8 Å². The summed E-state index contributed by atoms with van der Waals surface area (Å²) in [5.74, 6) is -0.830. The summed E-state index contributed by atoms with van der Waals surface area (Å²) in [5.41, 5.74) is 3.94. The van der Waals surface area contributed by atoms with E-state index in [1.54, 1.807) is 73.3 Å². The highest BCUT2D eigenvalue weighted by atomic mass is 35.5. The third-order valence-corrected chi connectivity index (χ3v) is 11.0. The minimum atomic E-state index is -4.09. The molecular weight excluding hydrogens is 807 g/mol. The van der Waals surface area contributed by atoms with E-state index in [-0.39, 0.29) is 57.3 Å². The first-order valence-corrected chi connectivity index (χ1v) is 21.3. The van der Waals surface area contributed by atoms with Gasteiger partial charge in [0.1, 0.15) is 15.6 Å². The van der Waals surface area contributed by atoms with Crippen LogP contribution >= 0.6 is 11.6 Å². The number of hydrogen-bond acceptors (Lipinski definition) is 8. The van der Waals surface area contributed by atoms with Crippen molar-refractivity contribution in [2.45, 2.75) is 62.2 Å². The van der Waals surface area contributed by atoms with Crippen LogP contribution in [0.15, 0.2) is 120 Å². The summed E-state index contributed by atoms with van der Waals surface area (Å²) in [6.45, 7) is 8.02. The van der Waals surface area contributed by atoms with Crippen molar-refractivity contribution in [3.05, 3.63) is 143 Å². The monoisotopic (exact) mass is 848 g/mol. The maximum Gasteiger partial charge on any atom is 0.240 e. The average Bonchev–Trinajstić information content (AvgIpc) is 3.85. The maximum absolute atomic E-state index is 13.7. The fourth-order valence-electron chi connectivity index (χ4n) is 5.59. The normalized spacial score (nSPS) is 11.6. The predicted molar refractivity (Wildman–Crippen MR) is 221 cm³/mol. The van der Waals surface area contributed by atoms with Gasteiger partial charge in [-0.25, -0.2) is 40.9 Å². The van der Waals surface area contributed by atoms with E-state index in [1.165, 1.54) is 45.8 Å². The fourth-order valence-corrected chi connectivity index (χ4v) is 7.28. The minimum absolute atomic E-state index is 0.0586. The number of amides is 2. The van der Waals surface area contributed by atoms with E-state index in [0.29, 0.717) is 22.0 Å². The first-order valence-electron chi connectivity index (χ1n) is 17.8. The van der Waals surface area contributed by atoms with Crippen LogP contribution in [-0.2, 0) is 42.5 Å². The number of hydrogen-bond donors (Lipinski definition) is 4. The van der Waals surface area contributed by atoms with E-state index in [4.69, 9.17) is 21.9 Å². The first kappa shape index (κ1) is 43.4. The number of nitrogens with zero attached hydrogens (tertiary/aromatic N) is 4. The molecule has 6 N–H and O–H groups in total. The Morgan fingerprint density at radius 3 is 1.48 bits per heavy atom. The quantitative estimate of drug-likeness (QED) is 0.107. The fraction of sp³-hybridized carbons (Fsp3) is 0.200. The van der Waals surface area contributed by atoms with E-state index in [1.807, 2.05) is 27.7 Å². The summed E-state index contributed by atoms with van der Waals surface area (Å²) in [6.07, 6.45) is 6.69.